The highest BCUT2D eigenvalue weighted by atomic mass is 16.2. The van der Waals surface area contributed by atoms with Gasteiger partial charge in [-0.2, -0.15) is 5.26 Å². The highest BCUT2D eigenvalue weighted by Crippen LogP contribution is 2.15. The Bertz CT molecular complexity index is 460. The van der Waals surface area contributed by atoms with E-state index in [1.807, 2.05) is 6.07 Å². The van der Waals surface area contributed by atoms with E-state index >= 15 is 0 Å². The summed E-state index contributed by atoms with van der Waals surface area (Å²) >= 11 is 0. The largest absolute Gasteiger partial charge is 0.297 e. The lowest BCUT2D eigenvalue weighted by molar-refractivity contribution is -0.121. The molecule has 1 amide bonds. The minimum absolute atomic E-state index is 0.0411. The van der Waals surface area contributed by atoms with Gasteiger partial charge in [0.25, 0.3) is 0 Å². The number of carbonyl (C=O) groups is 2. The van der Waals surface area contributed by atoms with Crippen molar-refractivity contribution in [3.8, 4) is 6.07 Å². The Kier molecular flexibility index (Phi) is 2.14. The van der Waals surface area contributed by atoms with Crippen LogP contribution in [0, 0.1) is 11.3 Å². The van der Waals surface area contributed by atoms with Crippen molar-refractivity contribution < 1.29 is 9.59 Å². The van der Waals surface area contributed by atoms with E-state index in [9.17, 15) is 9.59 Å². The molecule has 15 heavy (non-hydrogen) atoms. The highest BCUT2D eigenvalue weighted by Gasteiger charge is 2.29. The Balaban J connectivity index is 2.27. The summed E-state index contributed by atoms with van der Waals surface area (Å²) in [6.45, 7) is 0.0411. The molecule has 0 aromatic carbocycles. The number of rotatable bonds is 1. The van der Waals surface area contributed by atoms with E-state index in [1.165, 1.54) is 17.3 Å². The number of amides is 1. The van der Waals surface area contributed by atoms with Gasteiger partial charge in [0.15, 0.2) is 17.3 Å². The van der Waals surface area contributed by atoms with Crippen LogP contribution in [0.5, 0.6) is 0 Å². The van der Waals surface area contributed by atoms with Crippen LogP contribution in [0.2, 0.25) is 0 Å². The van der Waals surface area contributed by atoms with E-state index in [2.05, 4.69) is 9.97 Å². The number of nitrogens with zero attached hydrogens (tertiary/aromatic N) is 4. The summed E-state index contributed by atoms with van der Waals surface area (Å²) in [5.74, 6) is -0.102. The molecule has 6 nitrogen and oxygen atoms in total. The van der Waals surface area contributed by atoms with Gasteiger partial charge in [0.2, 0.25) is 5.91 Å². The smallest absolute Gasteiger partial charge is 0.236 e. The van der Waals surface area contributed by atoms with E-state index in [1.54, 1.807) is 0 Å². The molecule has 0 N–H and O–H groups in total. The molecule has 2 rings (SSSR count). The normalized spacial score (nSPS) is 15.5. The minimum atomic E-state index is -0.279. The standard InChI is InChI=1S/C9H6N4O2/c10-2-6-3-12-8(4-11-6)13-5-7(14)1-9(13)15/h3-4H,1,5H2. The first-order valence-electron chi connectivity index (χ1n) is 4.25. The highest BCUT2D eigenvalue weighted by molar-refractivity contribution is 6.14. The third kappa shape index (κ3) is 1.67. The lowest BCUT2D eigenvalue weighted by Gasteiger charge is -2.11. The van der Waals surface area contributed by atoms with Gasteiger partial charge >= 0.3 is 0 Å². The topological polar surface area (TPSA) is 87.0 Å². The molecule has 1 fully saturated rings. The van der Waals surface area contributed by atoms with Gasteiger partial charge in [-0.3, -0.25) is 14.5 Å². The van der Waals surface area contributed by atoms with Gasteiger partial charge in [-0.15, -0.1) is 0 Å². The molecule has 0 unspecified atom stereocenters. The van der Waals surface area contributed by atoms with Crippen LogP contribution in [-0.4, -0.2) is 28.2 Å². The number of hydrogen-bond acceptors (Lipinski definition) is 5. The maximum absolute atomic E-state index is 11.3. The van der Waals surface area contributed by atoms with Crippen LogP contribution >= 0.6 is 0 Å². The molecule has 0 atom stereocenters. The number of Topliss-reactive ketones (excluding diaryl/α,β-unsaturated/α-hetero) is 1. The first kappa shape index (κ1) is 9.27. The van der Waals surface area contributed by atoms with Crippen LogP contribution in [0.25, 0.3) is 0 Å². The molecule has 0 aliphatic carbocycles. The van der Waals surface area contributed by atoms with Gasteiger partial charge in [0.05, 0.1) is 25.4 Å². The Hall–Kier alpha value is -2.29. The number of carbonyl (C=O) groups excluding carboxylic acids is 2. The lowest BCUT2D eigenvalue weighted by Crippen LogP contribution is -2.25. The molecule has 74 valence electrons. The fourth-order valence-electron chi connectivity index (χ4n) is 1.31. The summed E-state index contributed by atoms with van der Waals surface area (Å²) in [6, 6.07) is 1.82. The first-order valence-corrected chi connectivity index (χ1v) is 4.25. The number of hydrogen-bond donors (Lipinski definition) is 0. The van der Waals surface area contributed by atoms with Crippen molar-refractivity contribution in [2.45, 2.75) is 6.42 Å². The van der Waals surface area contributed by atoms with Gasteiger partial charge < -0.3 is 0 Å². The number of aromatic nitrogens is 2. The predicted octanol–water partition coefficient (Wildman–Crippen LogP) is -0.346. The second kappa shape index (κ2) is 3.46. The zero-order chi connectivity index (χ0) is 10.8. The van der Waals surface area contributed by atoms with E-state index in [-0.39, 0.29) is 30.3 Å². The minimum Gasteiger partial charge on any atom is -0.297 e. The summed E-state index contributed by atoms with van der Waals surface area (Å²) in [6.07, 6.45) is 2.50. The van der Waals surface area contributed by atoms with Crippen molar-refractivity contribution in [1.82, 2.24) is 9.97 Å². The molecule has 1 aromatic heterocycles. The Morgan fingerprint density at radius 2 is 2.13 bits per heavy atom. The fraction of sp³-hybridized carbons (Fsp3) is 0.222. The molecule has 0 spiro atoms. The Morgan fingerprint density at radius 3 is 2.60 bits per heavy atom. The second-order valence-corrected chi connectivity index (χ2v) is 3.07. The molecule has 0 bridgehead atoms. The molecule has 6 heteroatoms. The zero-order valence-electron chi connectivity index (χ0n) is 7.67. The van der Waals surface area contributed by atoms with Crippen molar-refractivity contribution in [2.24, 2.45) is 0 Å². The average Bonchev–Trinajstić information content (AvgIpc) is 2.58. The summed E-state index contributed by atoms with van der Waals surface area (Å²) in [5.41, 5.74) is 0.178. The van der Waals surface area contributed by atoms with Gasteiger partial charge in [-0.05, 0) is 0 Å². The van der Waals surface area contributed by atoms with E-state index < -0.39 is 0 Å². The monoisotopic (exact) mass is 202 g/mol. The van der Waals surface area contributed by atoms with Gasteiger partial charge in [-0.1, -0.05) is 0 Å². The van der Waals surface area contributed by atoms with Crippen LogP contribution in [0.3, 0.4) is 0 Å². The second-order valence-electron chi connectivity index (χ2n) is 3.07. The van der Waals surface area contributed by atoms with Gasteiger partial charge in [0.1, 0.15) is 6.07 Å². The zero-order valence-corrected chi connectivity index (χ0v) is 7.67. The van der Waals surface area contributed by atoms with Crippen LogP contribution in [-0.2, 0) is 9.59 Å². The number of ketones is 1. The SMILES string of the molecule is N#Cc1cnc(N2CC(=O)CC2=O)cn1. The summed E-state index contributed by atoms with van der Waals surface area (Å²) in [4.78, 5) is 31.2. The van der Waals surface area contributed by atoms with Crippen LogP contribution in [0.15, 0.2) is 12.4 Å². The third-order valence-electron chi connectivity index (χ3n) is 2.01. The summed E-state index contributed by atoms with van der Waals surface area (Å²) in [5, 5.41) is 8.50. The van der Waals surface area contributed by atoms with Crippen molar-refractivity contribution in [1.29, 1.82) is 5.26 Å². The van der Waals surface area contributed by atoms with Crippen molar-refractivity contribution in [3.63, 3.8) is 0 Å². The van der Waals surface area contributed by atoms with Crippen molar-refractivity contribution >= 4 is 17.5 Å². The van der Waals surface area contributed by atoms with Crippen LogP contribution in [0.1, 0.15) is 12.1 Å². The van der Waals surface area contributed by atoms with Crippen LogP contribution in [0.4, 0.5) is 5.82 Å². The molecule has 0 radical (unpaired) electrons. The Morgan fingerprint density at radius 1 is 1.33 bits per heavy atom. The van der Waals surface area contributed by atoms with Gasteiger partial charge in [0, 0.05) is 0 Å². The Labute approximate surface area is 85.2 Å². The third-order valence-corrected chi connectivity index (χ3v) is 2.01. The van der Waals surface area contributed by atoms with E-state index in [4.69, 9.17) is 5.26 Å². The number of anilines is 1. The molecule has 1 aliphatic heterocycles. The van der Waals surface area contributed by atoms with Crippen molar-refractivity contribution in [2.75, 3.05) is 11.4 Å². The van der Waals surface area contributed by atoms with Crippen molar-refractivity contribution in [3.05, 3.63) is 18.1 Å². The van der Waals surface area contributed by atoms with E-state index in [0.29, 0.717) is 5.82 Å². The summed E-state index contributed by atoms with van der Waals surface area (Å²) in [7, 11) is 0. The van der Waals surface area contributed by atoms with Crippen LogP contribution < -0.4 is 4.90 Å². The van der Waals surface area contributed by atoms with Gasteiger partial charge in [-0.25, -0.2) is 9.97 Å². The lowest BCUT2D eigenvalue weighted by atomic mass is 10.3. The van der Waals surface area contributed by atoms with E-state index in [0.717, 1.165) is 0 Å². The molecular weight excluding hydrogens is 196 g/mol. The first-order chi connectivity index (χ1) is 7.20. The fourth-order valence-corrected chi connectivity index (χ4v) is 1.31. The quantitative estimate of drug-likeness (QED) is 0.581. The average molecular weight is 202 g/mol. The maximum atomic E-state index is 11.3. The molecule has 1 saturated heterocycles. The predicted molar refractivity (Wildman–Crippen MR) is 48.7 cm³/mol. The summed E-state index contributed by atoms with van der Waals surface area (Å²) < 4.78 is 0. The molecule has 0 saturated carbocycles. The maximum Gasteiger partial charge on any atom is 0.236 e. The molecule has 2 heterocycles. The molecule has 1 aliphatic rings. The molecule has 1 aromatic rings. The number of nitriles is 1. The molecular formula is C9H6N4O2.